The molecule has 1 aromatic rings. The average Bonchev–Trinajstić information content (AvgIpc) is 3.24. The SMILES string of the molecule is CN(C)C(=O)C1=CC2CN(C(=O)C=Cc3cnc4c(c3)CCC(=O)N4)CC2C1. The van der Waals surface area contributed by atoms with Crippen LogP contribution >= 0.6 is 0 Å². The molecule has 0 saturated carbocycles. The van der Waals surface area contributed by atoms with Crippen LogP contribution in [0.2, 0.25) is 0 Å². The number of carbonyl (C=O) groups excluding carboxylic acids is 3. The van der Waals surface area contributed by atoms with Crippen LogP contribution in [0.4, 0.5) is 5.82 Å². The zero-order chi connectivity index (χ0) is 19.8. The highest BCUT2D eigenvalue weighted by Gasteiger charge is 2.39. The Hall–Kier alpha value is -2.96. The molecule has 1 aromatic heterocycles. The molecular weight excluding hydrogens is 356 g/mol. The summed E-state index contributed by atoms with van der Waals surface area (Å²) < 4.78 is 0. The van der Waals surface area contributed by atoms with Crippen molar-refractivity contribution in [2.75, 3.05) is 32.5 Å². The predicted molar refractivity (Wildman–Crippen MR) is 105 cm³/mol. The molecule has 2 unspecified atom stereocenters. The number of aryl methyl sites for hydroxylation is 1. The minimum atomic E-state index is -0.0192. The minimum Gasteiger partial charge on any atom is -0.345 e. The number of anilines is 1. The van der Waals surface area contributed by atoms with Crippen LogP contribution in [0.3, 0.4) is 0 Å². The first-order chi connectivity index (χ1) is 13.4. The van der Waals surface area contributed by atoms with Gasteiger partial charge < -0.3 is 15.1 Å². The van der Waals surface area contributed by atoms with Crippen molar-refractivity contribution in [1.29, 1.82) is 0 Å². The molecule has 7 heteroatoms. The Kier molecular flexibility index (Phi) is 4.75. The second-order valence-corrected chi connectivity index (χ2v) is 7.92. The van der Waals surface area contributed by atoms with Crippen molar-refractivity contribution in [3.8, 4) is 0 Å². The van der Waals surface area contributed by atoms with Crippen molar-refractivity contribution in [1.82, 2.24) is 14.8 Å². The first-order valence-electron chi connectivity index (χ1n) is 9.59. The molecule has 2 atom stereocenters. The number of aromatic nitrogens is 1. The lowest BCUT2D eigenvalue weighted by atomic mass is 10.00. The number of carbonyl (C=O) groups is 3. The summed E-state index contributed by atoms with van der Waals surface area (Å²) in [6.07, 6.45) is 8.94. The van der Waals surface area contributed by atoms with E-state index in [1.54, 1.807) is 37.3 Å². The van der Waals surface area contributed by atoms with Crippen LogP contribution in [0.25, 0.3) is 6.08 Å². The highest BCUT2D eigenvalue weighted by molar-refractivity contribution is 5.95. The molecule has 1 N–H and O–H groups in total. The van der Waals surface area contributed by atoms with E-state index in [2.05, 4.69) is 10.3 Å². The van der Waals surface area contributed by atoms with Gasteiger partial charge in [-0.1, -0.05) is 6.08 Å². The molecule has 0 bridgehead atoms. The fourth-order valence-electron chi connectivity index (χ4n) is 4.17. The number of rotatable bonds is 3. The van der Waals surface area contributed by atoms with Gasteiger partial charge in [0.1, 0.15) is 5.82 Å². The Morgan fingerprint density at radius 3 is 2.86 bits per heavy atom. The summed E-state index contributed by atoms with van der Waals surface area (Å²) >= 11 is 0. The summed E-state index contributed by atoms with van der Waals surface area (Å²) in [7, 11) is 3.53. The number of hydrogen-bond donors (Lipinski definition) is 1. The molecule has 1 aliphatic carbocycles. The number of amides is 3. The zero-order valence-corrected chi connectivity index (χ0v) is 16.1. The van der Waals surface area contributed by atoms with Crippen LogP contribution in [0.15, 0.2) is 30.0 Å². The van der Waals surface area contributed by atoms with E-state index in [1.165, 1.54) is 0 Å². The highest BCUT2D eigenvalue weighted by Crippen LogP contribution is 2.37. The van der Waals surface area contributed by atoms with Gasteiger partial charge in [-0.25, -0.2) is 4.98 Å². The average molecular weight is 380 g/mol. The lowest BCUT2D eigenvalue weighted by Gasteiger charge is -2.17. The van der Waals surface area contributed by atoms with Gasteiger partial charge in [-0.3, -0.25) is 14.4 Å². The minimum absolute atomic E-state index is 0.0115. The number of hydrogen-bond acceptors (Lipinski definition) is 4. The Morgan fingerprint density at radius 1 is 1.29 bits per heavy atom. The molecule has 0 aromatic carbocycles. The topological polar surface area (TPSA) is 82.6 Å². The van der Waals surface area contributed by atoms with Crippen molar-refractivity contribution < 1.29 is 14.4 Å². The number of nitrogens with zero attached hydrogens (tertiary/aromatic N) is 3. The first-order valence-corrected chi connectivity index (χ1v) is 9.59. The van der Waals surface area contributed by atoms with E-state index >= 15 is 0 Å². The molecule has 1 fully saturated rings. The van der Waals surface area contributed by atoms with Gasteiger partial charge in [0.15, 0.2) is 0 Å². The fourth-order valence-corrected chi connectivity index (χ4v) is 4.17. The predicted octanol–water partition coefficient (Wildman–Crippen LogP) is 1.47. The summed E-state index contributed by atoms with van der Waals surface area (Å²) in [5.74, 6) is 1.26. The largest absolute Gasteiger partial charge is 0.345 e. The van der Waals surface area contributed by atoms with Gasteiger partial charge in [-0.15, -0.1) is 0 Å². The van der Waals surface area contributed by atoms with Crippen molar-refractivity contribution in [2.45, 2.75) is 19.3 Å². The first kappa shape index (κ1) is 18.4. The van der Waals surface area contributed by atoms with Crippen LogP contribution in [0.1, 0.15) is 24.0 Å². The molecule has 0 radical (unpaired) electrons. The molecule has 3 heterocycles. The van der Waals surface area contributed by atoms with E-state index in [1.807, 2.05) is 17.0 Å². The molecule has 3 amide bonds. The van der Waals surface area contributed by atoms with Crippen LogP contribution < -0.4 is 5.32 Å². The van der Waals surface area contributed by atoms with Gasteiger partial charge in [0.2, 0.25) is 17.7 Å². The Labute approximate surface area is 164 Å². The summed E-state index contributed by atoms with van der Waals surface area (Å²) in [4.78, 5) is 43.8. The van der Waals surface area contributed by atoms with E-state index in [9.17, 15) is 14.4 Å². The summed E-state index contributed by atoms with van der Waals surface area (Å²) in [5, 5.41) is 2.76. The molecule has 1 saturated heterocycles. The Bertz CT molecular complexity index is 903. The van der Waals surface area contributed by atoms with Crippen molar-refractivity contribution in [2.24, 2.45) is 11.8 Å². The van der Waals surface area contributed by atoms with Gasteiger partial charge in [-0.05, 0) is 42.0 Å². The smallest absolute Gasteiger partial charge is 0.248 e. The molecule has 28 heavy (non-hydrogen) atoms. The van der Waals surface area contributed by atoms with E-state index in [-0.39, 0.29) is 23.6 Å². The lowest BCUT2D eigenvalue weighted by Crippen LogP contribution is -2.28. The number of nitrogens with one attached hydrogen (secondary N) is 1. The monoisotopic (exact) mass is 380 g/mol. The standard InChI is InChI=1S/C21H24N4O3/c1-24(2)21(28)15-8-16-11-25(12-17(16)9-15)19(27)6-3-13-7-14-4-5-18(26)23-20(14)22-10-13/h3,6-8,10,16-17H,4-5,9,11-12H2,1-2H3,(H,22,23,26). The maximum absolute atomic E-state index is 12.6. The van der Waals surface area contributed by atoms with Gasteiger partial charge in [0.25, 0.3) is 0 Å². The molecule has 146 valence electrons. The molecular formula is C21H24N4O3. The Balaban J connectivity index is 1.38. The van der Waals surface area contributed by atoms with Crippen LogP contribution in [-0.2, 0) is 20.8 Å². The Morgan fingerprint density at radius 2 is 2.11 bits per heavy atom. The van der Waals surface area contributed by atoms with Crippen LogP contribution in [0, 0.1) is 11.8 Å². The van der Waals surface area contributed by atoms with Crippen LogP contribution in [0.5, 0.6) is 0 Å². The zero-order valence-electron chi connectivity index (χ0n) is 16.1. The van der Waals surface area contributed by atoms with Crippen molar-refractivity contribution in [3.63, 3.8) is 0 Å². The number of fused-ring (bicyclic) bond motifs is 2. The molecule has 7 nitrogen and oxygen atoms in total. The third-order valence-corrected chi connectivity index (χ3v) is 5.67. The summed E-state index contributed by atoms with van der Waals surface area (Å²) in [5.41, 5.74) is 2.71. The van der Waals surface area contributed by atoms with E-state index < -0.39 is 0 Å². The van der Waals surface area contributed by atoms with Gasteiger partial charge in [0.05, 0.1) is 0 Å². The highest BCUT2D eigenvalue weighted by atomic mass is 16.2. The lowest BCUT2D eigenvalue weighted by molar-refractivity contribution is -0.125. The van der Waals surface area contributed by atoms with Crippen molar-refractivity contribution in [3.05, 3.63) is 41.1 Å². The van der Waals surface area contributed by atoms with E-state index in [0.29, 0.717) is 37.7 Å². The molecule has 3 aliphatic rings. The van der Waals surface area contributed by atoms with E-state index in [0.717, 1.165) is 23.1 Å². The number of pyridine rings is 1. The molecule has 0 spiro atoms. The summed E-state index contributed by atoms with van der Waals surface area (Å²) in [6, 6.07) is 1.96. The quantitative estimate of drug-likeness (QED) is 0.805. The maximum atomic E-state index is 12.6. The molecule has 4 rings (SSSR count). The fraction of sp³-hybridized carbons (Fsp3) is 0.429. The third kappa shape index (κ3) is 3.56. The maximum Gasteiger partial charge on any atom is 0.248 e. The normalized spacial score (nSPS) is 23.3. The van der Waals surface area contributed by atoms with E-state index in [4.69, 9.17) is 0 Å². The second kappa shape index (κ2) is 7.22. The number of likely N-dealkylation sites (N-methyl/N-ethyl adjacent to an activating group) is 1. The van der Waals surface area contributed by atoms with Gasteiger partial charge >= 0.3 is 0 Å². The molecule has 2 aliphatic heterocycles. The van der Waals surface area contributed by atoms with Crippen molar-refractivity contribution >= 4 is 29.6 Å². The van der Waals surface area contributed by atoms with Gasteiger partial charge in [-0.2, -0.15) is 0 Å². The van der Waals surface area contributed by atoms with Crippen LogP contribution in [-0.4, -0.2) is 59.7 Å². The third-order valence-electron chi connectivity index (χ3n) is 5.67. The second-order valence-electron chi connectivity index (χ2n) is 7.92. The summed E-state index contributed by atoms with van der Waals surface area (Å²) in [6.45, 7) is 1.34. The number of likely N-dealkylation sites (tertiary alicyclic amines) is 1. The van der Waals surface area contributed by atoms with Gasteiger partial charge in [0, 0.05) is 57.4 Å².